The van der Waals surface area contributed by atoms with Crippen molar-refractivity contribution in [2.45, 2.75) is 38.8 Å². The minimum absolute atomic E-state index is 0.0696. The van der Waals surface area contributed by atoms with Crippen molar-refractivity contribution in [1.29, 1.82) is 0 Å². The number of furan rings is 1. The van der Waals surface area contributed by atoms with Gasteiger partial charge in [-0.2, -0.15) is 0 Å². The Morgan fingerprint density at radius 1 is 1.60 bits per heavy atom. The van der Waals surface area contributed by atoms with Crippen LogP contribution in [0, 0.1) is 0 Å². The lowest BCUT2D eigenvalue weighted by molar-refractivity contribution is -0.122. The number of nitrogens with one attached hydrogen (secondary N) is 1. The van der Waals surface area contributed by atoms with E-state index in [1.807, 2.05) is 13.0 Å². The van der Waals surface area contributed by atoms with E-state index in [1.54, 1.807) is 19.3 Å². The van der Waals surface area contributed by atoms with Gasteiger partial charge in [-0.05, 0) is 32.4 Å². The number of carbonyl (C=O) groups excluding carboxylic acids is 1. The third kappa shape index (κ3) is 4.16. The fourth-order valence-electron chi connectivity index (χ4n) is 1.26. The van der Waals surface area contributed by atoms with Crippen molar-refractivity contribution in [2.75, 3.05) is 0 Å². The van der Waals surface area contributed by atoms with Crippen LogP contribution in [-0.2, 0) is 4.79 Å². The molecule has 0 saturated carbocycles. The maximum absolute atomic E-state index is 11.4. The second kappa shape index (κ2) is 5.56. The van der Waals surface area contributed by atoms with Gasteiger partial charge in [0, 0.05) is 6.42 Å². The Balaban J connectivity index is 2.32. The predicted octanol–water partition coefficient (Wildman–Crippen LogP) is 1.62. The van der Waals surface area contributed by atoms with Crippen LogP contribution in [0.5, 0.6) is 0 Å². The van der Waals surface area contributed by atoms with Crippen molar-refractivity contribution in [1.82, 2.24) is 5.32 Å². The van der Waals surface area contributed by atoms with E-state index in [2.05, 4.69) is 5.32 Å². The fraction of sp³-hybridized carbons (Fsp3) is 0.545. The summed E-state index contributed by atoms with van der Waals surface area (Å²) in [6.07, 6.45) is 1.96. The predicted molar refractivity (Wildman–Crippen MR) is 56.2 cm³/mol. The van der Waals surface area contributed by atoms with E-state index in [0.717, 1.165) is 5.76 Å². The summed E-state index contributed by atoms with van der Waals surface area (Å²) in [7, 11) is 0. The molecule has 4 nitrogen and oxygen atoms in total. The first-order valence-electron chi connectivity index (χ1n) is 5.10. The van der Waals surface area contributed by atoms with Gasteiger partial charge in [0.1, 0.15) is 5.76 Å². The molecule has 0 bridgehead atoms. The molecule has 0 aliphatic heterocycles. The number of hydrogen-bond acceptors (Lipinski definition) is 3. The van der Waals surface area contributed by atoms with Crippen LogP contribution in [0.15, 0.2) is 22.8 Å². The quantitative estimate of drug-likeness (QED) is 0.777. The van der Waals surface area contributed by atoms with Crippen LogP contribution in [0.2, 0.25) is 0 Å². The number of aliphatic hydroxyl groups excluding tert-OH is 1. The summed E-state index contributed by atoms with van der Waals surface area (Å²) in [5, 5.41) is 11.8. The Morgan fingerprint density at radius 3 is 2.87 bits per heavy atom. The van der Waals surface area contributed by atoms with Crippen molar-refractivity contribution in [3.05, 3.63) is 24.2 Å². The molecule has 1 amide bonds. The van der Waals surface area contributed by atoms with Gasteiger partial charge in [0.25, 0.3) is 0 Å². The van der Waals surface area contributed by atoms with Gasteiger partial charge in [0.2, 0.25) is 5.91 Å². The summed E-state index contributed by atoms with van der Waals surface area (Å²) in [6, 6.07) is 3.48. The molecule has 1 rings (SSSR count). The first-order valence-corrected chi connectivity index (χ1v) is 5.10. The zero-order valence-electron chi connectivity index (χ0n) is 9.06. The minimum Gasteiger partial charge on any atom is -0.467 e. The van der Waals surface area contributed by atoms with Crippen molar-refractivity contribution < 1.29 is 14.3 Å². The lowest BCUT2D eigenvalue weighted by Gasteiger charge is -2.11. The van der Waals surface area contributed by atoms with Gasteiger partial charge < -0.3 is 14.8 Å². The smallest absolute Gasteiger partial charge is 0.220 e. The van der Waals surface area contributed by atoms with E-state index in [4.69, 9.17) is 9.52 Å². The average Bonchev–Trinajstić information content (AvgIpc) is 2.67. The normalized spacial score (nSPS) is 14.6. The molecule has 0 aliphatic carbocycles. The van der Waals surface area contributed by atoms with Crippen molar-refractivity contribution in [2.24, 2.45) is 0 Å². The molecule has 1 heterocycles. The lowest BCUT2D eigenvalue weighted by Crippen LogP contribution is -2.26. The first-order chi connectivity index (χ1) is 7.09. The third-order valence-corrected chi connectivity index (χ3v) is 2.14. The highest BCUT2D eigenvalue weighted by atomic mass is 16.3. The van der Waals surface area contributed by atoms with Gasteiger partial charge in [0.15, 0.2) is 0 Å². The SMILES string of the molecule is CC(O)CCC(=O)NC(C)c1ccco1. The highest BCUT2D eigenvalue weighted by Crippen LogP contribution is 2.12. The summed E-state index contributed by atoms with van der Waals surface area (Å²) >= 11 is 0. The van der Waals surface area contributed by atoms with Gasteiger partial charge in [-0.25, -0.2) is 0 Å². The Hall–Kier alpha value is -1.29. The summed E-state index contributed by atoms with van der Waals surface area (Å²) < 4.78 is 5.16. The van der Waals surface area contributed by atoms with Gasteiger partial charge in [-0.15, -0.1) is 0 Å². The molecule has 2 atom stereocenters. The number of amides is 1. The van der Waals surface area contributed by atoms with Crippen LogP contribution in [-0.4, -0.2) is 17.1 Å². The zero-order valence-corrected chi connectivity index (χ0v) is 9.06. The molecule has 2 N–H and O–H groups in total. The van der Waals surface area contributed by atoms with E-state index in [0.29, 0.717) is 12.8 Å². The number of hydrogen-bond donors (Lipinski definition) is 2. The monoisotopic (exact) mass is 211 g/mol. The molecule has 0 spiro atoms. The second-order valence-electron chi connectivity index (χ2n) is 3.69. The molecule has 2 unspecified atom stereocenters. The largest absolute Gasteiger partial charge is 0.467 e. The Bertz CT molecular complexity index is 293. The van der Waals surface area contributed by atoms with Gasteiger partial charge in [0.05, 0.1) is 18.4 Å². The molecule has 1 aromatic heterocycles. The first kappa shape index (κ1) is 11.8. The standard InChI is InChI=1S/C11H17NO3/c1-8(13)5-6-11(14)12-9(2)10-4-3-7-15-10/h3-4,7-9,13H,5-6H2,1-2H3,(H,12,14). The number of rotatable bonds is 5. The molecule has 15 heavy (non-hydrogen) atoms. The van der Waals surface area contributed by atoms with Gasteiger partial charge in [-0.1, -0.05) is 0 Å². The Morgan fingerprint density at radius 2 is 2.33 bits per heavy atom. The molecule has 0 fully saturated rings. The fourth-order valence-corrected chi connectivity index (χ4v) is 1.26. The van der Waals surface area contributed by atoms with Crippen LogP contribution >= 0.6 is 0 Å². The molecule has 0 aliphatic rings. The molecular weight excluding hydrogens is 194 g/mol. The molecular formula is C11H17NO3. The van der Waals surface area contributed by atoms with Crippen LogP contribution in [0.3, 0.4) is 0 Å². The maximum atomic E-state index is 11.4. The summed E-state index contributed by atoms with van der Waals surface area (Å²) in [5.74, 6) is 0.667. The summed E-state index contributed by atoms with van der Waals surface area (Å²) in [5.41, 5.74) is 0. The van der Waals surface area contributed by atoms with Gasteiger partial charge >= 0.3 is 0 Å². The Kier molecular flexibility index (Phi) is 4.37. The minimum atomic E-state index is -0.435. The van der Waals surface area contributed by atoms with E-state index >= 15 is 0 Å². The van der Waals surface area contributed by atoms with Crippen molar-refractivity contribution in [3.8, 4) is 0 Å². The molecule has 0 aromatic carbocycles. The summed E-state index contributed by atoms with van der Waals surface area (Å²) in [6.45, 7) is 3.53. The molecule has 1 aromatic rings. The van der Waals surface area contributed by atoms with E-state index < -0.39 is 6.10 Å². The zero-order chi connectivity index (χ0) is 11.3. The number of aliphatic hydroxyl groups is 1. The Labute approximate surface area is 89.3 Å². The van der Waals surface area contributed by atoms with E-state index in [9.17, 15) is 4.79 Å². The van der Waals surface area contributed by atoms with Crippen molar-refractivity contribution >= 4 is 5.91 Å². The third-order valence-electron chi connectivity index (χ3n) is 2.14. The highest BCUT2D eigenvalue weighted by molar-refractivity contribution is 5.76. The number of carbonyl (C=O) groups is 1. The molecule has 84 valence electrons. The topological polar surface area (TPSA) is 62.5 Å². The van der Waals surface area contributed by atoms with Crippen LogP contribution in [0.4, 0.5) is 0 Å². The maximum Gasteiger partial charge on any atom is 0.220 e. The van der Waals surface area contributed by atoms with E-state index in [-0.39, 0.29) is 11.9 Å². The second-order valence-corrected chi connectivity index (χ2v) is 3.69. The molecule has 0 saturated heterocycles. The molecule has 4 heteroatoms. The van der Waals surface area contributed by atoms with Crippen LogP contribution in [0.1, 0.15) is 38.5 Å². The highest BCUT2D eigenvalue weighted by Gasteiger charge is 2.11. The van der Waals surface area contributed by atoms with Crippen LogP contribution in [0.25, 0.3) is 0 Å². The van der Waals surface area contributed by atoms with E-state index in [1.165, 1.54) is 0 Å². The lowest BCUT2D eigenvalue weighted by atomic mass is 10.2. The summed E-state index contributed by atoms with van der Waals surface area (Å²) in [4.78, 5) is 11.4. The van der Waals surface area contributed by atoms with Crippen LogP contribution < -0.4 is 5.32 Å². The molecule has 0 radical (unpaired) electrons. The average molecular weight is 211 g/mol. The van der Waals surface area contributed by atoms with Gasteiger partial charge in [-0.3, -0.25) is 4.79 Å². The van der Waals surface area contributed by atoms with Crippen molar-refractivity contribution in [3.63, 3.8) is 0 Å².